The van der Waals surface area contributed by atoms with Crippen molar-refractivity contribution in [1.82, 2.24) is 9.80 Å². The van der Waals surface area contributed by atoms with E-state index >= 15 is 0 Å². The Labute approximate surface area is 185 Å². The molecule has 2 saturated heterocycles. The number of benzene rings is 2. The lowest BCUT2D eigenvalue weighted by Gasteiger charge is -2.35. The quantitative estimate of drug-likeness (QED) is 0.377. The van der Waals surface area contributed by atoms with Gasteiger partial charge in [-0.15, -0.1) is 0 Å². The van der Waals surface area contributed by atoms with Crippen LogP contribution in [0.5, 0.6) is 5.75 Å². The summed E-state index contributed by atoms with van der Waals surface area (Å²) >= 11 is 0. The van der Waals surface area contributed by atoms with Gasteiger partial charge in [0.15, 0.2) is 12.4 Å². The van der Waals surface area contributed by atoms with Crippen molar-refractivity contribution in [2.45, 2.75) is 25.0 Å². The third-order valence-electron chi connectivity index (χ3n) is 5.78. The van der Waals surface area contributed by atoms with E-state index in [0.717, 1.165) is 5.56 Å². The lowest BCUT2D eigenvalue weighted by Crippen LogP contribution is -2.48. The van der Waals surface area contributed by atoms with E-state index in [2.05, 4.69) is 4.74 Å². The Kier molecular flexibility index (Phi) is 6.39. The molecular formula is C22H19F5N2O4. The van der Waals surface area contributed by atoms with E-state index in [9.17, 15) is 31.5 Å². The molecule has 2 aromatic rings. The Morgan fingerprint density at radius 1 is 0.939 bits per heavy atom. The number of carbonyl (C=O) groups excluding carboxylic acids is 2. The summed E-state index contributed by atoms with van der Waals surface area (Å²) in [5.41, 5.74) is 0.881. The normalized spacial score (nSPS) is 19.1. The van der Waals surface area contributed by atoms with Crippen LogP contribution in [0.25, 0.3) is 0 Å². The fraction of sp³-hybridized carbons (Fsp3) is 0.364. The number of cyclic esters (lactones) is 1. The summed E-state index contributed by atoms with van der Waals surface area (Å²) in [7, 11) is 0. The maximum absolute atomic E-state index is 13.7. The summed E-state index contributed by atoms with van der Waals surface area (Å²) < 4.78 is 77.1. The van der Waals surface area contributed by atoms with E-state index in [1.807, 2.05) is 30.3 Å². The highest BCUT2D eigenvalue weighted by Crippen LogP contribution is 2.31. The van der Waals surface area contributed by atoms with Gasteiger partial charge in [0.05, 0.1) is 6.54 Å². The van der Waals surface area contributed by atoms with Gasteiger partial charge in [0, 0.05) is 19.1 Å². The molecule has 1 atom stereocenters. The fourth-order valence-corrected chi connectivity index (χ4v) is 3.98. The first kappa shape index (κ1) is 22.8. The molecule has 2 fully saturated rings. The third kappa shape index (κ3) is 4.44. The molecule has 0 spiro atoms. The molecule has 11 heteroatoms. The summed E-state index contributed by atoms with van der Waals surface area (Å²) in [4.78, 5) is 27.6. The van der Waals surface area contributed by atoms with Gasteiger partial charge in [0.25, 0.3) is 5.91 Å². The molecule has 0 saturated carbocycles. The van der Waals surface area contributed by atoms with E-state index in [1.165, 1.54) is 4.90 Å². The van der Waals surface area contributed by atoms with Gasteiger partial charge >= 0.3 is 6.09 Å². The fourth-order valence-electron chi connectivity index (χ4n) is 3.98. The Balaban J connectivity index is 1.32. The number of halogens is 5. The molecule has 0 radical (unpaired) electrons. The van der Waals surface area contributed by atoms with Crippen LogP contribution < -0.4 is 4.74 Å². The molecule has 0 aromatic heterocycles. The van der Waals surface area contributed by atoms with Crippen molar-refractivity contribution in [3.63, 3.8) is 0 Å². The lowest BCUT2D eigenvalue weighted by molar-refractivity contribution is -0.134. The van der Waals surface area contributed by atoms with E-state index in [-0.39, 0.29) is 25.2 Å². The van der Waals surface area contributed by atoms with Gasteiger partial charge in [0.1, 0.15) is 6.10 Å². The maximum Gasteiger partial charge on any atom is 0.410 e. The van der Waals surface area contributed by atoms with Crippen LogP contribution in [-0.4, -0.2) is 54.1 Å². The van der Waals surface area contributed by atoms with Crippen molar-refractivity contribution in [2.75, 3.05) is 26.2 Å². The van der Waals surface area contributed by atoms with Crippen LogP contribution in [-0.2, 0) is 9.53 Å². The van der Waals surface area contributed by atoms with E-state index in [4.69, 9.17) is 4.74 Å². The average molecular weight is 470 g/mol. The molecular weight excluding hydrogens is 451 g/mol. The molecule has 176 valence electrons. The number of hydrogen-bond acceptors (Lipinski definition) is 4. The van der Waals surface area contributed by atoms with Crippen molar-refractivity contribution in [1.29, 1.82) is 0 Å². The summed E-state index contributed by atoms with van der Waals surface area (Å²) in [6.07, 6.45) is 0.0479. The van der Waals surface area contributed by atoms with Gasteiger partial charge in [-0.3, -0.25) is 4.79 Å². The standard InChI is InChI=1S/C22H19F5N2O4/c23-16-17(24)19(26)21(20(27)18(16)25)32-11-15(30)28-8-6-13(7-9-28)29-10-14(33-22(29)31)12-4-2-1-3-5-12/h1-5,13-14H,6-11H2. The second kappa shape index (κ2) is 9.24. The SMILES string of the molecule is O=C(COc1c(F)c(F)c(F)c(F)c1F)N1CCC(N2CC(c3ccccc3)OC2=O)CC1. The van der Waals surface area contributed by atoms with Crippen LogP contribution in [0.15, 0.2) is 30.3 Å². The number of rotatable bonds is 5. The summed E-state index contributed by atoms with van der Waals surface area (Å²) in [5.74, 6) is -13.1. The first-order chi connectivity index (χ1) is 15.8. The van der Waals surface area contributed by atoms with Gasteiger partial charge in [-0.25, -0.2) is 18.0 Å². The molecule has 2 heterocycles. The predicted octanol–water partition coefficient (Wildman–Crippen LogP) is 3.95. The first-order valence-corrected chi connectivity index (χ1v) is 10.2. The zero-order valence-corrected chi connectivity index (χ0v) is 17.2. The molecule has 33 heavy (non-hydrogen) atoms. The Morgan fingerprint density at radius 2 is 1.52 bits per heavy atom. The summed E-state index contributed by atoms with van der Waals surface area (Å²) in [6, 6.07) is 9.14. The zero-order chi connectivity index (χ0) is 23.7. The number of hydrogen-bond donors (Lipinski definition) is 0. The monoisotopic (exact) mass is 470 g/mol. The number of piperidine rings is 1. The lowest BCUT2D eigenvalue weighted by atomic mass is 10.0. The Bertz CT molecular complexity index is 1030. The predicted molar refractivity (Wildman–Crippen MR) is 104 cm³/mol. The molecule has 0 bridgehead atoms. The van der Waals surface area contributed by atoms with Crippen molar-refractivity contribution in [3.8, 4) is 5.75 Å². The molecule has 0 N–H and O–H groups in total. The number of amides is 2. The van der Waals surface area contributed by atoms with Crippen LogP contribution in [0.1, 0.15) is 24.5 Å². The van der Waals surface area contributed by atoms with Crippen LogP contribution >= 0.6 is 0 Å². The number of ether oxygens (including phenoxy) is 2. The smallest absolute Gasteiger partial charge is 0.410 e. The topological polar surface area (TPSA) is 59.1 Å². The second-order valence-corrected chi connectivity index (χ2v) is 7.74. The average Bonchev–Trinajstić information content (AvgIpc) is 3.23. The third-order valence-corrected chi connectivity index (χ3v) is 5.78. The van der Waals surface area contributed by atoms with Gasteiger partial charge < -0.3 is 19.3 Å². The van der Waals surface area contributed by atoms with Crippen molar-refractivity contribution in [2.24, 2.45) is 0 Å². The first-order valence-electron chi connectivity index (χ1n) is 10.2. The zero-order valence-electron chi connectivity index (χ0n) is 17.2. The molecule has 1 unspecified atom stereocenters. The van der Waals surface area contributed by atoms with Gasteiger partial charge in [-0.2, -0.15) is 8.78 Å². The molecule has 2 amide bonds. The highest BCUT2D eigenvalue weighted by molar-refractivity contribution is 5.78. The number of nitrogens with zero attached hydrogens (tertiary/aromatic N) is 2. The molecule has 2 aromatic carbocycles. The minimum absolute atomic E-state index is 0.161. The Hall–Kier alpha value is -3.37. The van der Waals surface area contributed by atoms with Crippen molar-refractivity contribution in [3.05, 3.63) is 65.0 Å². The summed E-state index contributed by atoms with van der Waals surface area (Å²) in [6.45, 7) is -0.0663. The van der Waals surface area contributed by atoms with Crippen LogP contribution in [0, 0.1) is 29.1 Å². The van der Waals surface area contributed by atoms with E-state index in [1.54, 1.807) is 4.90 Å². The summed E-state index contributed by atoms with van der Waals surface area (Å²) in [5, 5.41) is 0. The minimum atomic E-state index is -2.30. The molecule has 2 aliphatic rings. The van der Waals surface area contributed by atoms with Crippen molar-refractivity contribution < 1.29 is 41.0 Å². The number of likely N-dealkylation sites (tertiary alicyclic amines) is 1. The largest absolute Gasteiger partial charge is 0.477 e. The number of carbonyl (C=O) groups is 2. The maximum atomic E-state index is 13.7. The molecule has 2 aliphatic heterocycles. The molecule has 4 rings (SSSR count). The van der Waals surface area contributed by atoms with Gasteiger partial charge in [-0.1, -0.05) is 30.3 Å². The van der Waals surface area contributed by atoms with Gasteiger partial charge in [0.2, 0.25) is 29.1 Å². The van der Waals surface area contributed by atoms with Crippen LogP contribution in [0.3, 0.4) is 0 Å². The van der Waals surface area contributed by atoms with E-state index in [0.29, 0.717) is 19.4 Å². The van der Waals surface area contributed by atoms with E-state index < -0.39 is 53.4 Å². The second-order valence-electron chi connectivity index (χ2n) is 7.74. The van der Waals surface area contributed by atoms with Crippen molar-refractivity contribution >= 4 is 12.0 Å². The highest BCUT2D eigenvalue weighted by atomic mass is 19.2. The highest BCUT2D eigenvalue weighted by Gasteiger charge is 2.38. The van der Waals surface area contributed by atoms with Gasteiger partial charge in [-0.05, 0) is 18.4 Å². The minimum Gasteiger partial charge on any atom is -0.477 e. The molecule has 0 aliphatic carbocycles. The molecule has 6 nitrogen and oxygen atoms in total. The van der Waals surface area contributed by atoms with Crippen LogP contribution in [0.2, 0.25) is 0 Å². The van der Waals surface area contributed by atoms with Crippen LogP contribution in [0.4, 0.5) is 26.7 Å². The Morgan fingerprint density at radius 3 is 2.12 bits per heavy atom.